The summed E-state index contributed by atoms with van der Waals surface area (Å²) in [4.78, 5) is 21.5. The molecule has 0 aliphatic rings. The molecule has 0 bridgehead atoms. The molecular weight excluding hydrogens is 366 g/mol. The van der Waals surface area contributed by atoms with E-state index in [1.807, 2.05) is 38.3 Å². The van der Waals surface area contributed by atoms with Crippen molar-refractivity contribution >= 4 is 22.9 Å². The number of hydrogen-bond donors (Lipinski definition) is 2. The Morgan fingerprint density at radius 2 is 2.00 bits per heavy atom. The normalized spacial score (nSPS) is 13.7. The molecule has 150 valence electrons. The van der Waals surface area contributed by atoms with E-state index < -0.39 is 5.60 Å². The number of fused-ring (bicyclic) bond motifs is 1. The lowest BCUT2D eigenvalue weighted by atomic mass is 9.97. The lowest BCUT2D eigenvalue weighted by molar-refractivity contribution is -0.121. The van der Waals surface area contributed by atoms with Crippen LogP contribution < -0.4 is 5.32 Å². The Labute approximate surface area is 170 Å². The average Bonchev–Trinajstić information content (AvgIpc) is 2.97. The van der Waals surface area contributed by atoms with E-state index in [0.29, 0.717) is 22.7 Å². The molecular formula is C22H25N5O2. The third-order valence-electron chi connectivity index (χ3n) is 4.76. The zero-order valence-corrected chi connectivity index (χ0v) is 17.3. The van der Waals surface area contributed by atoms with Crippen molar-refractivity contribution in [3.8, 4) is 6.07 Å². The zero-order valence-electron chi connectivity index (χ0n) is 17.3. The van der Waals surface area contributed by atoms with E-state index in [0.717, 1.165) is 11.1 Å². The van der Waals surface area contributed by atoms with E-state index in [9.17, 15) is 15.2 Å². The highest BCUT2D eigenvalue weighted by Gasteiger charge is 2.30. The summed E-state index contributed by atoms with van der Waals surface area (Å²) in [6, 6.07) is 11.0. The minimum absolute atomic E-state index is 0.167. The largest absolute Gasteiger partial charge is 0.383 e. The number of nitrogens with one attached hydrogen (secondary N) is 1. The molecule has 0 saturated carbocycles. The minimum Gasteiger partial charge on any atom is -0.383 e. The molecule has 7 nitrogen and oxygen atoms in total. The number of benzene rings is 1. The van der Waals surface area contributed by atoms with Crippen molar-refractivity contribution in [3.63, 3.8) is 0 Å². The number of imidazole rings is 1. The monoisotopic (exact) mass is 391 g/mol. The molecule has 0 aliphatic heterocycles. The molecule has 3 rings (SSSR count). The van der Waals surface area contributed by atoms with Gasteiger partial charge in [0.15, 0.2) is 0 Å². The predicted molar refractivity (Wildman–Crippen MR) is 111 cm³/mol. The summed E-state index contributed by atoms with van der Waals surface area (Å²) in [6.07, 6.45) is 1.41. The molecule has 0 spiro atoms. The smallest absolute Gasteiger partial charge is 0.229 e. The minimum atomic E-state index is -1.41. The molecule has 2 heterocycles. The number of aromatic nitrogens is 3. The Balaban J connectivity index is 1.97. The molecule has 0 radical (unpaired) electrons. The Morgan fingerprint density at radius 1 is 1.28 bits per heavy atom. The van der Waals surface area contributed by atoms with Gasteiger partial charge in [-0.3, -0.25) is 15.1 Å². The van der Waals surface area contributed by atoms with Gasteiger partial charge in [-0.15, -0.1) is 0 Å². The van der Waals surface area contributed by atoms with E-state index >= 15 is 0 Å². The number of amides is 1. The third kappa shape index (κ3) is 4.13. The number of hydrogen-bond acceptors (Lipinski definition) is 5. The molecule has 29 heavy (non-hydrogen) atoms. The van der Waals surface area contributed by atoms with Crippen molar-refractivity contribution in [3.05, 3.63) is 53.3 Å². The number of rotatable bonds is 4. The van der Waals surface area contributed by atoms with Crippen LogP contribution in [0.4, 0.5) is 5.95 Å². The molecule has 1 aromatic carbocycles. The second kappa shape index (κ2) is 7.30. The first-order valence-corrected chi connectivity index (χ1v) is 9.40. The number of carbonyl (C=O) groups excluding carboxylic acids is 1. The van der Waals surface area contributed by atoms with E-state index in [4.69, 9.17) is 0 Å². The average molecular weight is 391 g/mol. The Morgan fingerprint density at radius 3 is 2.59 bits per heavy atom. The fraction of sp³-hybridized carbons (Fsp3) is 0.364. The molecule has 2 N–H and O–H groups in total. The molecule has 2 aromatic heterocycles. The SMILES string of the molecule is Cc1cc2nc(NC(=O)C[C@@](C)(O)c3ccccn3)n(C(C)(C)C)c2cc1C#N. The number of carbonyl (C=O) groups is 1. The number of pyridine rings is 1. The highest BCUT2D eigenvalue weighted by atomic mass is 16.3. The van der Waals surface area contributed by atoms with E-state index in [-0.39, 0.29) is 17.9 Å². The molecule has 1 atom stereocenters. The van der Waals surface area contributed by atoms with Crippen LogP contribution in [0.5, 0.6) is 0 Å². The van der Waals surface area contributed by atoms with Gasteiger partial charge in [0.05, 0.1) is 34.8 Å². The van der Waals surface area contributed by atoms with Crippen LogP contribution in [0.3, 0.4) is 0 Å². The maximum atomic E-state index is 12.7. The lowest BCUT2D eigenvalue weighted by Crippen LogP contribution is -2.31. The van der Waals surface area contributed by atoms with Gasteiger partial charge in [0.1, 0.15) is 5.60 Å². The van der Waals surface area contributed by atoms with Crippen LogP contribution in [0.25, 0.3) is 11.0 Å². The Hall–Kier alpha value is -3.24. The maximum Gasteiger partial charge on any atom is 0.229 e. The summed E-state index contributed by atoms with van der Waals surface area (Å²) in [6.45, 7) is 9.42. The van der Waals surface area contributed by atoms with Crippen LogP contribution in [0.15, 0.2) is 36.5 Å². The number of nitrogens with zero attached hydrogens (tertiary/aromatic N) is 4. The zero-order chi connectivity index (χ0) is 21.4. The topological polar surface area (TPSA) is 104 Å². The van der Waals surface area contributed by atoms with E-state index in [1.165, 1.54) is 0 Å². The van der Waals surface area contributed by atoms with Crippen molar-refractivity contribution < 1.29 is 9.90 Å². The second-order valence-corrected chi connectivity index (χ2v) is 8.42. The van der Waals surface area contributed by atoms with Crippen LogP contribution >= 0.6 is 0 Å². The number of nitriles is 1. The summed E-state index contributed by atoms with van der Waals surface area (Å²) in [5.74, 6) is 0.00231. The summed E-state index contributed by atoms with van der Waals surface area (Å²) in [7, 11) is 0. The first-order valence-electron chi connectivity index (χ1n) is 9.40. The highest BCUT2D eigenvalue weighted by Crippen LogP contribution is 2.30. The number of aliphatic hydroxyl groups is 1. The number of aryl methyl sites for hydroxylation is 1. The summed E-state index contributed by atoms with van der Waals surface area (Å²) >= 11 is 0. The molecule has 7 heteroatoms. The fourth-order valence-corrected chi connectivity index (χ4v) is 3.36. The standard InChI is InChI=1S/C22H25N5O2/c1-14-10-16-17(11-15(14)13-23)27(21(2,3)4)20(25-16)26-19(28)12-22(5,29)18-8-6-7-9-24-18/h6-11,29H,12H2,1-5H3,(H,25,26,28)/t22-/m1/s1. The van der Waals surface area contributed by atoms with Gasteiger partial charge < -0.3 is 9.67 Å². The quantitative estimate of drug-likeness (QED) is 0.707. The predicted octanol–water partition coefficient (Wildman–Crippen LogP) is 3.60. The van der Waals surface area contributed by atoms with Crippen LogP contribution in [0, 0.1) is 18.3 Å². The van der Waals surface area contributed by atoms with Crippen molar-refractivity contribution in [2.45, 2.75) is 52.2 Å². The summed E-state index contributed by atoms with van der Waals surface area (Å²) in [5.41, 5.74) is 1.49. The first kappa shape index (κ1) is 20.5. The van der Waals surface area contributed by atoms with E-state index in [2.05, 4.69) is 21.4 Å². The summed E-state index contributed by atoms with van der Waals surface area (Å²) < 4.78 is 1.90. The van der Waals surface area contributed by atoms with Gasteiger partial charge in [-0.2, -0.15) is 5.26 Å². The molecule has 1 amide bonds. The highest BCUT2D eigenvalue weighted by molar-refractivity contribution is 5.92. The molecule has 0 unspecified atom stereocenters. The van der Waals surface area contributed by atoms with Gasteiger partial charge in [0.25, 0.3) is 0 Å². The Bertz CT molecular complexity index is 1100. The summed E-state index contributed by atoms with van der Waals surface area (Å²) in [5, 5.41) is 22.9. The first-order chi connectivity index (χ1) is 13.5. The van der Waals surface area contributed by atoms with Crippen molar-refractivity contribution in [2.75, 3.05) is 5.32 Å². The maximum absolute atomic E-state index is 12.7. The van der Waals surface area contributed by atoms with Crippen LogP contribution in [-0.2, 0) is 15.9 Å². The van der Waals surface area contributed by atoms with Crippen molar-refractivity contribution in [1.82, 2.24) is 14.5 Å². The van der Waals surface area contributed by atoms with Crippen molar-refractivity contribution in [2.24, 2.45) is 0 Å². The lowest BCUT2D eigenvalue weighted by Gasteiger charge is -2.26. The Kier molecular flexibility index (Phi) is 5.16. The molecule has 3 aromatic rings. The second-order valence-electron chi connectivity index (χ2n) is 8.42. The van der Waals surface area contributed by atoms with Crippen LogP contribution in [0.1, 0.15) is 50.9 Å². The number of anilines is 1. The van der Waals surface area contributed by atoms with Gasteiger partial charge in [-0.25, -0.2) is 4.98 Å². The van der Waals surface area contributed by atoms with Gasteiger partial charge in [0.2, 0.25) is 11.9 Å². The molecule has 0 aliphatic carbocycles. The van der Waals surface area contributed by atoms with Gasteiger partial charge in [0, 0.05) is 11.7 Å². The third-order valence-corrected chi connectivity index (χ3v) is 4.76. The van der Waals surface area contributed by atoms with Gasteiger partial charge in [-0.1, -0.05) is 6.07 Å². The van der Waals surface area contributed by atoms with E-state index in [1.54, 1.807) is 37.4 Å². The molecule has 0 fully saturated rings. The fourth-order valence-electron chi connectivity index (χ4n) is 3.36. The molecule has 0 saturated heterocycles. The van der Waals surface area contributed by atoms with Crippen LogP contribution in [-0.4, -0.2) is 25.5 Å². The van der Waals surface area contributed by atoms with Crippen molar-refractivity contribution in [1.29, 1.82) is 5.26 Å². The van der Waals surface area contributed by atoms with Gasteiger partial charge in [-0.05, 0) is 64.4 Å². The van der Waals surface area contributed by atoms with Gasteiger partial charge >= 0.3 is 0 Å². The van der Waals surface area contributed by atoms with Crippen LogP contribution in [0.2, 0.25) is 0 Å².